The van der Waals surface area contributed by atoms with Crippen molar-refractivity contribution in [3.05, 3.63) is 69.3 Å². The van der Waals surface area contributed by atoms with Gasteiger partial charge in [0.05, 0.1) is 5.69 Å². The van der Waals surface area contributed by atoms with E-state index < -0.39 is 0 Å². The number of H-pyrrole nitrogens is 1. The zero-order chi connectivity index (χ0) is 15.7. The molecular weight excluding hydrogens is 276 g/mol. The van der Waals surface area contributed by atoms with Gasteiger partial charge in [-0.05, 0) is 11.5 Å². The highest BCUT2D eigenvalue weighted by Gasteiger charge is 2.18. The molecule has 0 bridgehead atoms. The monoisotopic (exact) mass is 292 g/mol. The van der Waals surface area contributed by atoms with Crippen LogP contribution in [0.15, 0.2) is 41.3 Å². The lowest BCUT2D eigenvalue weighted by atomic mass is 9.98. The molecule has 0 unspecified atom stereocenters. The minimum Gasteiger partial charge on any atom is -0.295 e. The third-order valence-electron chi connectivity index (χ3n) is 3.69. The molecule has 0 fully saturated rings. The van der Waals surface area contributed by atoms with Gasteiger partial charge in [0.25, 0.3) is 5.56 Å². The van der Waals surface area contributed by atoms with Crippen LogP contribution in [0.5, 0.6) is 0 Å². The fourth-order valence-corrected chi connectivity index (χ4v) is 2.66. The molecule has 0 radical (unpaired) electrons. The average molecular weight is 292 g/mol. The first-order valence-electron chi connectivity index (χ1n) is 7.18. The molecule has 0 amide bonds. The van der Waals surface area contributed by atoms with Crippen molar-refractivity contribution in [2.45, 2.75) is 26.2 Å². The van der Waals surface area contributed by atoms with E-state index >= 15 is 0 Å². The number of aromatic nitrogens is 3. The summed E-state index contributed by atoms with van der Waals surface area (Å²) in [6.45, 7) is 3.96. The van der Waals surface area contributed by atoms with E-state index in [0.29, 0.717) is 23.2 Å². The van der Waals surface area contributed by atoms with E-state index in [9.17, 15) is 4.79 Å². The summed E-state index contributed by atoms with van der Waals surface area (Å²) in [5.41, 5.74) is 3.15. The maximum Gasteiger partial charge on any atom is 0.276 e. The number of nitrogens with zero attached hydrogens (tertiary/aromatic N) is 3. The van der Waals surface area contributed by atoms with Gasteiger partial charge in [-0.2, -0.15) is 5.26 Å². The molecule has 110 valence electrons. The van der Waals surface area contributed by atoms with Gasteiger partial charge in [-0.3, -0.25) is 9.89 Å². The molecule has 22 heavy (non-hydrogen) atoms. The smallest absolute Gasteiger partial charge is 0.276 e. The third kappa shape index (κ3) is 2.29. The highest BCUT2D eigenvalue weighted by Crippen LogP contribution is 2.19. The fraction of sp³-hybridized carbons (Fsp3) is 0.235. The SMILES string of the molecule is CC(C)c1c(Cc2ccccc2)nc2c(C#N)c[nH]n2c1=O. The summed E-state index contributed by atoms with van der Waals surface area (Å²) in [7, 11) is 0. The largest absolute Gasteiger partial charge is 0.295 e. The van der Waals surface area contributed by atoms with Gasteiger partial charge in [0, 0.05) is 18.2 Å². The van der Waals surface area contributed by atoms with Crippen molar-refractivity contribution < 1.29 is 0 Å². The molecule has 1 aromatic carbocycles. The Balaban J connectivity index is 2.25. The van der Waals surface area contributed by atoms with Crippen molar-refractivity contribution in [1.82, 2.24) is 14.6 Å². The van der Waals surface area contributed by atoms with E-state index in [1.54, 1.807) is 0 Å². The van der Waals surface area contributed by atoms with Crippen molar-refractivity contribution >= 4 is 5.65 Å². The van der Waals surface area contributed by atoms with E-state index in [2.05, 4.69) is 16.2 Å². The summed E-state index contributed by atoms with van der Waals surface area (Å²) < 4.78 is 1.35. The molecule has 3 aromatic rings. The summed E-state index contributed by atoms with van der Waals surface area (Å²) in [5, 5.41) is 12.0. The van der Waals surface area contributed by atoms with E-state index in [4.69, 9.17) is 5.26 Å². The van der Waals surface area contributed by atoms with Crippen LogP contribution in [0, 0.1) is 11.3 Å². The maximum atomic E-state index is 12.7. The first-order chi connectivity index (χ1) is 10.6. The Kier molecular flexibility index (Phi) is 3.51. The van der Waals surface area contributed by atoms with Crippen LogP contribution in [-0.4, -0.2) is 14.6 Å². The number of aromatic amines is 1. The molecule has 0 atom stereocenters. The van der Waals surface area contributed by atoms with Crippen molar-refractivity contribution in [2.24, 2.45) is 0 Å². The average Bonchev–Trinajstić information content (AvgIpc) is 2.91. The van der Waals surface area contributed by atoms with Crippen LogP contribution in [-0.2, 0) is 6.42 Å². The second-order valence-electron chi connectivity index (χ2n) is 5.55. The molecule has 5 heteroatoms. The summed E-state index contributed by atoms with van der Waals surface area (Å²) in [4.78, 5) is 17.3. The Morgan fingerprint density at radius 3 is 2.68 bits per heavy atom. The third-order valence-corrected chi connectivity index (χ3v) is 3.69. The van der Waals surface area contributed by atoms with Gasteiger partial charge in [-0.15, -0.1) is 0 Å². The Labute approximate surface area is 127 Å². The molecule has 0 spiro atoms. The molecule has 2 heterocycles. The lowest BCUT2D eigenvalue weighted by Crippen LogP contribution is -2.24. The quantitative estimate of drug-likeness (QED) is 0.806. The zero-order valence-electron chi connectivity index (χ0n) is 12.5. The second-order valence-corrected chi connectivity index (χ2v) is 5.55. The number of nitriles is 1. The number of hydrogen-bond acceptors (Lipinski definition) is 3. The lowest BCUT2D eigenvalue weighted by Gasteiger charge is -2.12. The Hall–Kier alpha value is -2.87. The summed E-state index contributed by atoms with van der Waals surface area (Å²) in [6.07, 6.45) is 2.09. The molecule has 3 rings (SSSR count). The number of benzene rings is 1. The van der Waals surface area contributed by atoms with Gasteiger partial charge in [0.2, 0.25) is 0 Å². The summed E-state index contributed by atoms with van der Waals surface area (Å²) >= 11 is 0. The van der Waals surface area contributed by atoms with Gasteiger partial charge in [0.1, 0.15) is 11.6 Å². The minimum absolute atomic E-state index is 0.0597. The first-order valence-corrected chi connectivity index (χ1v) is 7.18. The van der Waals surface area contributed by atoms with Crippen LogP contribution in [0.25, 0.3) is 5.65 Å². The van der Waals surface area contributed by atoms with Crippen molar-refractivity contribution in [3.63, 3.8) is 0 Å². The topological polar surface area (TPSA) is 73.9 Å². The standard InChI is InChI=1S/C17H16N4O/c1-11(2)15-14(8-12-6-4-3-5-7-12)20-16-13(9-18)10-19-21(16)17(15)22/h3-7,10-11,19H,8H2,1-2H3. The highest BCUT2D eigenvalue weighted by molar-refractivity contribution is 5.55. The van der Waals surface area contributed by atoms with Gasteiger partial charge in [-0.1, -0.05) is 44.2 Å². The van der Waals surface area contributed by atoms with Crippen LogP contribution < -0.4 is 5.56 Å². The number of nitrogens with one attached hydrogen (secondary N) is 1. The number of rotatable bonds is 3. The van der Waals surface area contributed by atoms with Gasteiger partial charge >= 0.3 is 0 Å². The van der Waals surface area contributed by atoms with E-state index in [1.165, 1.54) is 10.7 Å². The Bertz CT molecular complexity index is 913. The molecular formula is C17H16N4O. The normalized spacial score (nSPS) is 11.0. The molecule has 1 N–H and O–H groups in total. The Morgan fingerprint density at radius 2 is 2.05 bits per heavy atom. The summed E-state index contributed by atoms with van der Waals surface area (Å²) in [6, 6.07) is 12.0. The Morgan fingerprint density at radius 1 is 1.32 bits per heavy atom. The van der Waals surface area contributed by atoms with E-state index in [-0.39, 0.29) is 11.5 Å². The molecule has 0 aliphatic heterocycles. The van der Waals surface area contributed by atoms with Crippen molar-refractivity contribution in [1.29, 1.82) is 5.26 Å². The lowest BCUT2D eigenvalue weighted by molar-refractivity contribution is 0.770. The fourth-order valence-electron chi connectivity index (χ4n) is 2.66. The number of hydrogen-bond donors (Lipinski definition) is 1. The predicted molar refractivity (Wildman–Crippen MR) is 83.9 cm³/mol. The van der Waals surface area contributed by atoms with Crippen LogP contribution in [0.2, 0.25) is 0 Å². The van der Waals surface area contributed by atoms with E-state index in [0.717, 1.165) is 11.3 Å². The van der Waals surface area contributed by atoms with Crippen LogP contribution in [0.3, 0.4) is 0 Å². The van der Waals surface area contributed by atoms with Crippen LogP contribution in [0.1, 0.15) is 42.1 Å². The summed E-state index contributed by atoms with van der Waals surface area (Å²) in [5.74, 6) is 0.0597. The number of fused-ring (bicyclic) bond motifs is 1. The molecule has 0 saturated carbocycles. The van der Waals surface area contributed by atoms with Crippen molar-refractivity contribution in [3.8, 4) is 6.07 Å². The second kappa shape index (κ2) is 5.49. The molecule has 0 saturated heterocycles. The molecule has 0 aliphatic rings. The predicted octanol–water partition coefficient (Wildman–Crippen LogP) is 2.61. The molecule has 0 aliphatic carbocycles. The van der Waals surface area contributed by atoms with Crippen LogP contribution >= 0.6 is 0 Å². The van der Waals surface area contributed by atoms with Gasteiger partial charge in [0.15, 0.2) is 5.65 Å². The van der Waals surface area contributed by atoms with Gasteiger partial charge in [-0.25, -0.2) is 9.50 Å². The van der Waals surface area contributed by atoms with Gasteiger partial charge < -0.3 is 0 Å². The first kappa shape index (κ1) is 14.1. The maximum absolute atomic E-state index is 12.7. The van der Waals surface area contributed by atoms with E-state index in [1.807, 2.05) is 44.2 Å². The highest BCUT2D eigenvalue weighted by atomic mass is 16.1. The minimum atomic E-state index is -0.132. The van der Waals surface area contributed by atoms with Crippen LogP contribution in [0.4, 0.5) is 0 Å². The van der Waals surface area contributed by atoms with Crippen molar-refractivity contribution in [2.75, 3.05) is 0 Å². The zero-order valence-corrected chi connectivity index (χ0v) is 12.5. The molecule has 2 aromatic heterocycles. The molecule has 5 nitrogen and oxygen atoms in total.